The molecule has 2 rings (SSSR count). The normalized spacial score (nSPS) is 11.4. The Morgan fingerprint density at radius 2 is 1.60 bits per heavy atom. The Morgan fingerprint density at radius 1 is 1.00 bits per heavy atom. The largest absolute Gasteiger partial charge is 0.456 e. The maximum absolute atomic E-state index is 12.8. The molecule has 7 nitrogen and oxygen atoms in total. The van der Waals surface area contributed by atoms with E-state index in [0.717, 1.165) is 21.6 Å². The lowest BCUT2D eigenvalue weighted by molar-refractivity contribution is -0.148. The number of rotatable bonds is 9. The van der Waals surface area contributed by atoms with Gasteiger partial charge in [0.15, 0.2) is 6.61 Å². The number of hydrogen-bond donors (Lipinski definition) is 2. The molecule has 0 radical (unpaired) electrons. The predicted molar refractivity (Wildman–Crippen MR) is 117 cm³/mol. The molecule has 1 aromatic heterocycles. The number of amides is 1. The standard InChI is InChI=1S/C21H28N2O5S2/c1-13-14(2)16(4)21(17(5)15(13)3)30(26,27)23-9-8-20(25)28-12-19(24)22-11-18-7-6-10-29-18/h6-7,10,23H,8-9,11-12H2,1-5H3,(H,22,24). The molecule has 0 spiro atoms. The molecule has 0 saturated carbocycles. The van der Waals surface area contributed by atoms with E-state index in [2.05, 4.69) is 10.0 Å². The average molecular weight is 453 g/mol. The van der Waals surface area contributed by atoms with Crippen molar-refractivity contribution in [2.75, 3.05) is 13.2 Å². The van der Waals surface area contributed by atoms with E-state index in [1.165, 1.54) is 11.3 Å². The Labute approximate surface area is 181 Å². The fourth-order valence-electron chi connectivity index (χ4n) is 3.10. The molecule has 0 atom stereocenters. The first-order chi connectivity index (χ1) is 14.0. The van der Waals surface area contributed by atoms with Crippen LogP contribution < -0.4 is 10.0 Å². The van der Waals surface area contributed by atoms with E-state index in [-0.39, 0.29) is 17.9 Å². The summed E-state index contributed by atoms with van der Waals surface area (Å²) in [5.74, 6) is -1.05. The molecule has 0 bridgehead atoms. The number of carbonyl (C=O) groups is 2. The molecule has 1 aromatic carbocycles. The summed E-state index contributed by atoms with van der Waals surface area (Å²) in [5.41, 5.74) is 4.35. The number of ether oxygens (including phenoxy) is 1. The highest BCUT2D eigenvalue weighted by atomic mass is 32.2. The van der Waals surface area contributed by atoms with E-state index in [0.29, 0.717) is 17.7 Å². The minimum Gasteiger partial charge on any atom is -0.456 e. The second-order valence-corrected chi connectivity index (χ2v) is 9.85. The Bertz CT molecular complexity index is 999. The molecule has 1 heterocycles. The van der Waals surface area contributed by atoms with Crippen molar-refractivity contribution in [3.05, 3.63) is 50.2 Å². The van der Waals surface area contributed by atoms with Crippen molar-refractivity contribution in [3.8, 4) is 0 Å². The van der Waals surface area contributed by atoms with E-state index in [4.69, 9.17) is 4.74 Å². The van der Waals surface area contributed by atoms with Crippen molar-refractivity contribution >= 4 is 33.2 Å². The molecular formula is C21H28N2O5S2. The zero-order chi connectivity index (χ0) is 22.5. The van der Waals surface area contributed by atoms with Gasteiger partial charge >= 0.3 is 5.97 Å². The third-order valence-electron chi connectivity index (χ3n) is 5.23. The quantitative estimate of drug-likeness (QED) is 0.570. The van der Waals surface area contributed by atoms with E-state index >= 15 is 0 Å². The van der Waals surface area contributed by atoms with Gasteiger partial charge in [0.25, 0.3) is 5.91 Å². The van der Waals surface area contributed by atoms with Crippen molar-refractivity contribution in [1.29, 1.82) is 0 Å². The molecule has 0 aliphatic carbocycles. The SMILES string of the molecule is Cc1c(C)c(C)c(S(=O)(=O)NCCC(=O)OCC(=O)NCc2cccs2)c(C)c1C. The summed E-state index contributed by atoms with van der Waals surface area (Å²) < 4.78 is 33.0. The first-order valence-electron chi connectivity index (χ1n) is 9.56. The Kier molecular flexibility index (Phi) is 8.17. The Hall–Kier alpha value is -2.23. The number of sulfonamides is 1. The van der Waals surface area contributed by atoms with Crippen LogP contribution in [0.4, 0.5) is 0 Å². The summed E-state index contributed by atoms with van der Waals surface area (Å²) in [4.78, 5) is 24.8. The molecule has 9 heteroatoms. The van der Waals surface area contributed by atoms with E-state index in [1.54, 1.807) is 13.8 Å². The first kappa shape index (κ1) is 24.0. The van der Waals surface area contributed by atoms with Crippen LogP contribution in [0, 0.1) is 34.6 Å². The van der Waals surface area contributed by atoms with E-state index in [1.807, 2.05) is 38.3 Å². The smallest absolute Gasteiger partial charge is 0.307 e. The molecule has 0 saturated heterocycles. The molecule has 0 fully saturated rings. The monoisotopic (exact) mass is 452 g/mol. The van der Waals surface area contributed by atoms with E-state index in [9.17, 15) is 18.0 Å². The lowest BCUT2D eigenvalue weighted by atomic mass is 9.95. The van der Waals surface area contributed by atoms with Gasteiger partial charge in [-0.15, -0.1) is 11.3 Å². The van der Waals surface area contributed by atoms with Gasteiger partial charge in [-0.2, -0.15) is 0 Å². The highest BCUT2D eigenvalue weighted by Crippen LogP contribution is 2.29. The lowest BCUT2D eigenvalue weighted by Crippen LogP contribution is -2.30. The number of hydrogen-bond acceptors (Lipinski definition) is 6. The minimum atomic E-state index is -3.78. The number of thiophene rings is 1. The third-order valence-corrected chi connectivity index (χ3v) is 7.84. The third kappa shape index (κ3) is 5.90. The molecule has 0 aliphatic rings. The topological polar surface area (TPSA) is 102 Å². The van der Waals surface area contributed by atoms with Crippen molar-refractivity contribution < 1.29 is 22.7 Å². The molecule has 0 unspecified atom stereocenters. The van der Waals surface area contributed by atoms with Gasteiger partial charge in [-0.3, -0.25) is 9.59 Å². The van der Waals surface area contributed by atoms with Crippen LogP contribution >= 0.6 is 11.3 Å². The first-order valence-corrected chi connectivity index (χ1v) is 11.9. The Morgan fingerprint density at radius 3 is 2.17 bits per heavy atom. The van der Waals surface area contributed by atoms with Gasteiger partial charge in [-0.05, 0) is 73.9 Å². The van der Waals surface area contributed by atoms with Crippen molar-refractivity contribution in [1.82, 2.24) is 10.0 Å². The summed E-state index contributed by atoms with van der Waals surface area (Å²) in [5, 5.41) is 4.56. The second-order valence-electron chi connectivity index (χ2n) is 7.12. The van der Waals surface area contributed by atoms with Crippen molar-refractivity contribution in [2.45, 2.75) is 52.5 Å². The number of carbonyl (C=O) groups excluding carboxylic acids is 2. The van der Waals surface area contributed by atoms with Crippen LogP contribution in [0.25, 0.3) is 0 Å². The maximum Gasteiger partial charge on any atom is 0.307 e. The Balaban J connectivity index is 1.85. The molecule has 164 valence electrons. The number of nitrogens with one attached hydrogen (secondary N) is 2. The summed E-state index contributed by atoms with van der Waals surface area (Å²) >= 11 is 1.52. The van der Waals surface area contributed by atoms with Gasteiger partial charge in [0, 0.05) is 11.4 Å². The average Bonchev–Trinajstić information content (AvgIpc) is 3.21. The zero-order valence-corrected chi connectivity index (χ0v) is 19.6. The van der Waals surface area contributed by atoms with Crippen LogP contribution in [0.15, 0.2) is 22.4 Å². The summed E-state index contributed by atoms with van der Waals surface area (Å²) in [7, 11) is -3.78. The maximum atomic E-state index is 12.8. The van der Waals surface area contributed by atoms with Gasteiger partial charge in [-0.1, -0.05) is 6.07 Å². The van der Waals surface area contributed by atoms with Crippen LogP contribution in [-0.4, -0.2) is 33.4 Å². The fourth-order valence-corrected chi connectivity index (χ4v) is 5.37. The van der Waals surface area contributed by atoms with Gasteiger partial charge in [0.05, 0.1) is 17.9 Å². The fraction of sp³-hybridized carbons (Fsp3) is 0.429. The highest BCUT2D eigenvalue weighted by molar-refractivity contribution is 7.89. The molecular weight excluding hydrogens is 424 g/mol. The lowest BCUT2D eigenvalue weighted by Gasteiger charge is -2.19. The number of benzene rings is 1. The van der Waals surface area contributed by atoms with Crippen LogP contribution in [0.3, 0.4) is 0 Å². The van der Waals surface area contributed by atoms with Crippen LogP contribution in [0.5, 0.6) is 0 Å². The molecule has 2 aromatic rings. The van der Waals surface area contributed by atoms with Crippen LogP contribution in [0.2, 0.25) is 0 Å². The van der Waals surface area contributed by atoms with Crippen LogP contribution in [0.1, 0.15) is 39.1 Å². The molecule has 2 N–H and O–H groups in total. The van der Waals surface area contributed by atoms with Gasteiger partial charge in [-0.25, -0.2) is 13.1 Å². The van der Waals surface area contributed by atoms with Crippen molar-refractivity contribution in [3.63, 3.8) is 0 Å². The molecule has 30 heavy (non-hydrogen) atoms. The van der Waals surface area contributed by atoms with Gasteiger partial charge in [0.1, 0.15) is 0 Å². The van der Waals surface area contributed by atoms with Gasteiger partial charge in [0.2, 0.25) is 10.0 Å². The van der Waals surface area contributed by atoms with Crippen LogP contribution in [-0.2, 0) is 30.9 Å². The summed E-state index contributed by atoms with van der Waals surface area (Å²) in [6.07, 6.45) is -0.167. The molecule has 1 amide bonds. The zero-order valence-electron chi connectivity index (χ0n) is 17.9. The minimum absolute atomic E-state index is 0.108. The second kappa shape index (κ2) is 10.2. The molecule has 0 aliphatic heterocycles. The number of esters is 1. The van der Waals surface area contributed by atoms with E-state index < -0.39 is 28.5 Å². The summed E-state index contributed by atoms with van der Waals surface area (Å²) in [6, 6.07) is 3.78. The van der Waals surface area contributed by atoms with Crippen molar-refractivity contribution in [2.24, 2.45) is 0 Å². The summed E-state index contributed by atoms with van der Waals surface area (Å²) in [6.45, 7) is 9.21. The van der Waals surface area contributed by atoms with Gasteiger partial charge < -0.3 is 10.1 Å². The highest BCUT2D eigenvalue weighted by Gasteiger charge is 2.23. The predicted octanol–water partition coefficient (Wildman–Crippen LogP) is 2.82.